The monoisotopic (exact) mass is 352 g/mol. The minimum Gasteiger partial charge on any atom is -0.355 e. The minimum atomic E-state index is -3.46. The minimum absolute atomic E-state index is 0.0825. The number of rotatable bonds is 8. The third-order valence-electron chi connectivity index (χ3n) is 3.26. The van der Waals surface area contributed by atoms with Gasteiger partial charge in [0.2, 0.25) is 15.9 Å². The lowest BCUT2D eigenvalue weighted by molar-refractivity contribution is -0.121. The number of carbonyl (C=O) groups excluding carboxylic acids is 1. The third kappa shape index (κ3) is 5.78. The molecule has 0 unspecified atom stereocenters. The second kappa shape index (κ2) is 8.24. The fourth-order valence-corrected chi connectivity index (χ4v) is 4.05. The molecule has 2 rings (SSSR count). The van der Waals surface area contributed by atoms with E-state index < -0.39 is 10.0 Å². The highest BCUT2D eigenvalue weighted by Crippen LogP contribution is 2.14. The molecule has 0 radical (unpaired) electrons. The molecule has 0 saturated heterocycles. The molecule has 0 fully saturated rings. The molecule has 1 aromatic heterocycles. The summed E-state index contributed by atoms with van der Waals surface area (Å²) < 4.78 is 26.5. The van der Waals surface area contributed by atoms with Gasteiger partial charge in [0, 0.05) is 19.5 Å². The fourth-order valence-electron chi connectivity index (χ4n) is 1.98. The molecular formula is C16H20N2O3S2. The first-order chi connectivity index (χ1) is 11.0. The van der Waals surface area contributed by atoms with Crippen molar-refractivity contribution in [1.82, 2.24) is 10.0 Å². The number of hydrogen-bond donors (Lipinski definition) is 2. The Hall–Kier alpha value is -1.70. The molecule has 0 aliphatic heterocycles. The third-order valence-corrected chi connectivity index (χ3v) is 6.12. The first-order valence-electron chi connectivity index (χ1n) is 7.33. The predicted octanol–water partition coefficient (Wildman–Crippen LogP) is 2.08. The van der Waals surface area contributed by atoms with Crippen LogP contribution < -0.4 is 10.0 Å². The van der Waals surface area contributed by atoms with Crippen LogP contribution in [-0.4, -0.2) is 27.4 Å². The van der Waals surface area contributed by atoms with Gasteiger partial charge in [0.1, 0.15) is 4.21 Å². The normalized spacial score (nSPS) is 11.3. The Morgan fingerprint density at radius 3 is 2.52 bits per heavy atom. The largest absolute Gasteiger partial charge is 0.355 e. The molecule has 1 aromatic carbocycles. The number of amides is 1. The average molecular weight is 352 g/mol. The van der Waals surface area contributed by atoms with Crippen LogP contribution in [0.4, 0.5) is 0 Å². The lowest BCUT2D eigenvalue weighted by Crippen LogP contribution is -2.34. The van der Waals surface area contributed by atoms with E-state index in [-0.39, 0.29) is 23.2 Å². The van der Waals surface area contributed by atoms with Crippen LogP contribution >= 0.6 is 11.3 Å². The molecule has 5 nitrogen and oxygen atoms in total. The van der Waals surface area contributed by atoms with Gasteiger partial charge in [-0.3, -0.25) is 4.79 Å². The molecule has 7 heteroatoms. The molecule has 2 N–H and O–H groups in total. The van der Waals surface area contributed by atoms with Gasteiger partial charge >= 0.3 is 0 Å². The molecule has 0 spiro atoms. The summed E-state index contributed by atoms with van der Waals surface area (Å²) >= 11 is 1.16. The van der Waals surface area contributed by atoms with Gasteiger partial charge in [-0.1, -0.05) is 35.9 Å². The molecule has 0 bridgehead atoms. The van der Waals surface area contributed by atoms with Crippen LogP contribution in [0.5, 0.6) is 0 Å². The lowest BCUT2D eigenvalue weighted by Gasteiger charge is -2.07. The highest BCUT2D eigenvalue weighted by atomic mass is 32.2. The Morgan fingerprint density at radius 1 is 1.13 bits per heavy atom. The average Bonchev–Trinajstić information content (AvgIpc) is 3.06. The Kier molecular flexibility index (Phi) is 6.32. The van der Waals surface area contributed by atoms with E-state index in [1.54, 1.807) is 17.5 Å². The highest BCUT2D eigenvalue weighted by Gasteiger charge is 2.13. The van der Waals surface area contributed by atoms with E-state index in [1.807, 2.05) is 31.2 Å². The molecule has 23 heavy (non-hydrogen) atoms. The SMILES string of the molecule is Cc1ccc(CCC(=O)NCCNS(=O)(=O)c2cccs2)cc1. The fraction of sp³-hybridized carbons (Fsp3) is 0.312. The van der Waals surface area contributed by atoms with Crippen LogP contribution in [0.2, 0.25) is 0 Å². The van der Waals surface area contributed by atoms with Gasteiger partial charge in [-0.05, 0) is 30.4 Å². The van der Waals surface area contributed by atoms with Crippen molar-refractivity contribution in [3.63, 3.8) is 0 Å². The van der Waals surface area contributed by atoms with E-state index in [4.69, 9.17) is 0 Å². The first kappa shape index (κ1) is 17.7. The van der Waals surface area contributed by atoms with Crippen LogP contribution in [0.15, 0.2) is 46.0 Å². The summed E-state index contributed by atoms with van der Waals surface area (Å²) in [7, 11) is -3.46. The van der Waals surface area contributed by atoms with E-state index in [0.29, 0.717) is 12.8 Å². The van der Waals surface area contributed by atoms with Gasteiger partial charge in [-0.25, -0.2) is 13.1 Å². The van der Waals surface area contributed by atoms with E-state index in [1.165, 1.54) is 5.56 Å². The smallest absolute Gasteiger partial charge is 0.250 e. The van der Waals surface area contributed by atoms with Gasteiger partial charge in [0.05, 0.1) is 0 Å². The van der Waals surface area contributed by atoms with Crippen LogP contribution in [0.1, 0.15) is 17.5 Å². The van der Waals surface area contributed by atoms with Crippen molar-refractivity contribution in [1.29, 1.82) is 0 Å². The van der Waals surface area contributed by atoms with Gasteiger partial charge in [0.15, 0.2) is 0 Å². The molecule has 1 amide bonds. The van der Waals surface area contributed by atoms with Crippen LogP contribution in [-0.2, 0) is 21.2 Å². The molecule has 0 aliphatic carbocycles. The number of sulfonamides is 1. The van der Waals surface area contributed by atoms with Crippen molar-refractivity contribution in [3.8, 4) is 0 Å². The zero-order chi connectivity index (χ0) is 16.7. The number of carbonyl (C=O) groups is 1. The van der Waals surface area contributed by atoms with E-state index >= 15 is 0 Å². The summed E-state index contributed by atoms with van der Waals surface area (Å²) in [6.45, 7) is 2.47. The van der Waals surface area contributed by atoms with Crippen molar-refractivity contribution in [2.45, 2.75) is 24.0 Å². The van der Waals surface area contributed by atoms with Crippen molar-refractivity contribution >= 4 is 27.3 Å². The van der Waals surface area contributed by atoms with Gasteiger partial charge in [-0.15, -0.1) is 11.3 Å². The van der Waals surface area contributed by atoms with Gasteiger partial charge < -0.3 is 5.32 Å². The van der Waals surface area contributed by atoms with Gasteiger partial charge in [-0.2, -0.15) is 0 Å². The topological polar surface area (TPSA) is 75.3 Å². The second-order valence-corrected chi connectivity index (χ2v) is 8.11. The Labute approximate surface area is 140 Å². The quantitative estimate of drug-likeness (QED) is 0.714. The zero-order valence-corrected chi connectivity index (χ0v) is 14.5. The highest BCUT2D eigenvalue weighted by molar-refractivity contribution is 7.91. The molecule has 0 saturated carbocycles. The maximum atomic E-state index is 11.9. The molecule has 2 aromatic rings. The maximum absolute atomic E-state index is 11.9. The number of hydrogen-bond acceptors (Lipinski definition) is 4. The van der Waals surface area contributed by atoms with E-state index in [9.17, 15) is 13.2 Å². The number of thiophene rings is 1. The summed E-state index contributed by atoms with van der Waals surface area (Å²) in [6, 6.07) is 11.3. The summed E-state index contributed by atoms with van der Waals surface area (Å²) in [5, 5.41) is 4.43. The van der Waals surface area contributed by atoms with Crippen molar-refractivity contribution in [2.24, 2.45) is 0 Å². The van der Waals surface area contributed by atoms with Crippen molar-refractivity contribution < 1.29 is 13.2 Å². The summed E-state index contributed by atoms with van der Waals surface area (Å²) in [5.41, 5.74) is 2.31. The van der Waals surface area contributed by atoms with E-state index in [0.717, 1.165) is 16.9 Å². The summed E-state index contributed by atoms with van der Waals surface area (Å²) in [6.07, 6.45) is 1.06. The zero-order valence-electron chi connectivity index (χ0n) is 12.9. The number of nitrogens with one attached hydrogen (secondary N) is 2. The number of aryl methyl sites for hydroxylation is 2. The van der Waals surface area contributed by atoms with Crippen molar-refractivity contribution in [3.05, 3.63) is 52.9 Å². The molecule has 0 atom stereocenters. The summed E-state index contributed by atoms with van der Waals surface area (Å²) in [4.78, 5) is 11.8. The van der Waals surface area contributed by atoms with Crippen LogP contribution in [0.25, 0.3) is 0 Å². The molecule has 124 valence electrons. The lowest BCUT2D eigenvalue weighted by atomic mass is 10.1. The van der Waals surface area contributed by atoms with Crippen LogP contribution in [0, 0.1) is 6.92 Å². The Morgan fingerprint density at radius 2 is 1.87 bits per heavy atom. The van der Waals surface area contributed by atoms with Gasteiger partial charge in [0.25, 0.3) is 0 Å². The molecule has 1 heterocycles. The van der Waals surface area contributed by atoms with Crippen LogP contribution in [0.3, 0.4) is 0 Å². The standard InChI is InChI=1S/C16H20N2O3S2/c1-13-4-6-14(7-5-13)8-9-15(19)17-10-11-18-23(20,21)16-3-2-12-22-16/h2-7,12,18H,8-11H2,1H3,(H,17,19). The first-order valence-corrected chi connectivity index (χ1v) is 9.69. The molecular weight excluding hydrogens is 332 g/mol. The number of benzene rings is 1. The maximum Gasteiger partial charge on any atom is 0.250 e. The Bertz CT molecular complexity index is 723. The van der Waals surface area contributed by atoms with Crippen molar-refractivity contribution in [2.75, 3.05) is 13.1 Å². The summed E-state index contributed by atoms with van der Waals surface area (Å²) in [5.74, 6) is -0.0825. The Balaban J connectivity index is 1.66. The second-order valence-electron chi connectivity index (χ2n) is 5.17. The predicted molar refractivity (Wildman–Crippen MR) is 92.0 cm³/mol. The van der Waals surface area contributed by atoms with E-state index in [2.05, 4.69) is 10.0 Å². The molecule has 0 aliphatic rings.